The highest BCUT2D eigenvalue weighted by molar-refractivity contribution is 5.83. The van der Waals surface area contributed by atoms with Crippen molar-refractivity contribution < 1.29 is 94.1 Å². The molecule has 362 valence electrons. The lowest BCUT2D eigenvalue weighted by Crippen LogP contribution is -2.61. The topological polar surface area (TPSA) is 304 Å². The molecule has 19 heteroatoms. The smallest absolute Gasteiger partial charge is 0.186 e. The standard InChI is InChI=1S/C44H72O19/c1-18(15-57-40-37(54)34(51)32(49)28(14-45)61-40)5-10-44(56)19(2)30-27(63-44)13-23-21-12-25(46)24-11-20(6-8-42(24,3)22(21)7-9-43(23,30)4)60-41-38(55)35(52)33(50)29(62-41)17-59-39-36(53)31(48)26(47)16-58-39/h18-24,26-41,45,47-56H,5-17H2,1-4H3/t18-,19+,20+,21-,22+,23+,24-,26+,27+,28-,29-,30+,31+,32-,33-,34+,35+,36-,37-,38-,39+,40-,41-,42-,43+,44-/m1/s1. The molecule has 11 N–H and O–H groups in total. The van der Waals surface area contributed by atoms with Gasteiger partial charge in [0.1, 0.15) is 72.9 Å². The van der Waals surface area contributed by atoms with Crippen molar-refractivity contribution in [3.8, 4) is 0 Å². The summed E-state index contributed by atoms with van der Waals surface area (Å²) < 4.78 is 40.9. The molecule has 8 rings (SSSR count). The maximum atomic E-state index is 14.3. The first-order valence-corrected chi connectivity index (χ1v) is 23.2. The van der Waals surface area contributed by atoms with Crippen molar-refractivity contribution >= 4 is 5.78 Å². The SMILES string of the molecule is C[C@H](CC[C@@]1(O)O[C@H]2C[C@H]3[C@@H]4CC(=O)[C@H]5C[C@@H](O[C@@H]6O[C@H](CO[C@@H]7OC[C@H](O)[C@H](O)[C@H]7O)[C@@H](O)[C@H](O)[C@H]6O)CC[C@]5(C)[C@H]4CC[C@]3(C)[C@H]2[C@@H]1C)CO[C@@H]1O[C@H](CO)[C@@H](O)[C@H](O)[C@H]1O. The van der Waals surface area contributed by atoms with Gasteiger partial charge in [-0.05, 0) is 85.4 Å². The average Bonchev–Trinajstić information content (AvgIpc) is 3.69. The molecule has 0 radical (unpaired) electrons. The van der Waals surface area contributed by atoms with Gasteiger partial charge in [-0.15, -0.1) is 0 Å². The fourth-order valence-electron chi connectivity index (χ4n) is 13.6. The molecule has 0 unspecified atom stereocenters. The highest BCUT2D eigenvalue weighted by atomic mass is 16.7. The Morgan fingerprint density at radius 2 is 1.41 bits per heavy atom. The van der Waals surface area contributed by atoms with Crippen molar-refractivity contribution in [2.75, 3.05) is 26.4 Å². The highest BCUT2D eigenvalue weighted by Crippen LogP contribution is 2.70. The number of Topliss-reactive ketones (excluding diaryl/α,β-unsaturated/α-hetero) is 1. The average molecular weight is 905 g/mol. The van der Waals surface area contributed by atoms with E-state index in [4.69, 9.17) is 33.2 Å². The van der Waals surface area contributed by atoms with Gasteiger partial charge in [-0.1, -0.05) is 27.7 Å². The molecule has 0 spiro atoms. The molecule has 8 aliphatic rings. The van der Waals surface area contributed by atoms with E-state index in [1.807, 2.05) is 6.92 Å². The molecule has 0 aromatic carbocycles. The van der Waals surface area contributed by atoms with Gasteiger partial charge in [0.15, 0.2) is 24.7 Å². The van der Waals surface area contributed by atoms with Crippen molar-refractivity contribution in [1.29, 1.82) is 0 Å². The van der Waals surface area contributed by atoms with Crippen LogP contribution in [-0.2, 0) is 38.0 Å². The Kier molecular flexibility index (Phi) is 14.2. The first kappa shape index (κ1) is 48.4. The van der Waals surface area contributed by atoms with E-state index in [1.165, 1.54) is 0 Å². The minimum Gasteiger partial charge on any atom is -0.394 e. The predicted molar refractivity (Wildman–Crippen MR) is 213 cm³/mol. The summed E-state index contributed by atoms with van der Waals surface area (Å²) in [5.74, 6) is -0.895. The van der Waals surface area contributed by atoms with Gasteiger partial charge in [0, 0.05) is 24.7 Å². The lowest BCUT2D eigenvalue weighted by Gasteiger charge is -2.60. The largest absolute Gasteiger partial charge is 0.394 e. The van der Waals surface area contributed by atoms with Crippen molar-refractivity contribution in [1.82, 2.24) is 0 Å². The fraction of sp³-hybridized carbons (Fsp3) is 0.977. The number of hydrogen-bond acceptors (Lipinski definition) is 19. The van der Waals surface area contributed by atoms with Gasteiger partial charge in [0.25, 0.3) is 0 Å². The first-order valence-electron chi connectivity index (χ1n) is 23.2. The monoisotopic (exact) mass is 904 g/mol. The van der Waals surface area contributed by atoms with E-state index in [-0.39, 0.29) is 78.0 Å². The molecule has 26 atom stereocenters. The van der Waals surface area contributed by atoms with Crippen molar-refractivity contribution in [2.45, 2.75) is 189 Å². The Hall–Kier alpha value is -1.05. The van der Waals surface area contributed by atoms with E-state index in [2.05, 4.69) is 20.8 Å². The third kappa shape index (κ3) is 8.60. The van der Waals surface area contributed by atoms with Gasteiger partial charge in [-0.3, -0.25) is 4.79 Å². The molecule has 19 nitrogen and oxygen atoms in total. The summed E-state index contributed by atoms with van der Waals surface area (Å²) in [4.78, 5) is 14.3. The normalized spacial score (nSPS) is 55.1. The molecule has 4 saturated carbocycles. The van der Waals surface area contributed by atoms with Crippen molar-refractivity contribution in [3.63, 3.8) is 0 Å². The molecular weight excluding hydrogens is 832 g/mol. The third-order valence-corrected chi connectivity index (χ3v) is 17.4. The number of ether oxygens (including phenoxy) is 7. The van der Waals surface area contributed by atoms with Gasteiger partial charge >= 0.3 is 0 Å². The van der Waals surface area contributed by atoms with E-state index >= 15 is 0 Å². The van der Waals surface area contributed by atoms with Crippen LogP contribution >= 0.6 is 0 Å². The number of aliphatic hydroxyl groups excluding tert-OH is 10. The summed E-state index contributed by atoms with van der Waals surface area (Å²) in [5, 5.41) is 114. The number of carbonyl (C=O) groups excluding carboxylic acids is 1. The van der Waals surface area contributed by atoms with E-state index < -0.39 is 105 Å². The molecular formula is C44H72O19. The Morgan fingerprint density at radius 3 is 2.13 bits per heavy atom. The van der Waals surface area contributed by atoms with Crippen LogP contribution in [0.3, 0.4) is 0 Å². The summed E-state index contributed by atoms with van der Waals surface area (Å²) in [6.07, 6.45) is -14.7. The second-order valence-electron chi connectivity index (χ2n) is 21.0. The minimum atomic E-state index is -1.64. The van der Waals surface area contributed by atoms with Crippen LogP contribution in [0.2, 0.25) is 0 Å². The second kappa shape index (κ2) is 18.5. The van der Waals surface area contributed by atoms with Crippen LogP contribution in [0.1, 0.15) is 85.5 Å². The van der Waals surface area contributed by atoms with E-state index in [0.29, 0.717) is 44.4 Å². The van der Waals surface area contributed by atoms with Crippen molar-refractivity contribution in [3.05, 3.63) is 0 Å². The molecule has 0 aromatic heterocycles. The van der Waals surface area contributed by atoms with Crippen LogP contribution < -0.4 is 0 Å². The zero-order chi connectivity index (χ0) is 45.5. The predicted octanol–water partition coefficient (Wildman–Crippen LogP) is -1.96. The summed E-state index contributed by atoms with van der Waals surface area (Å²) in [6.45, 7) is 7.49. The zero-order valence-electron chi connectivity index (χ0n) is 36.7. The van der Waals surface area contributed by atoms with Gasteiger partial charge in [-0.25, -0.2) is 0 Å². The molecule has 4 saturated heterocycles. The van der Waals surface area contributed by atoms with E-state index in [0.717, 1.165) is 19.3 Å². The molecule has 4 heterocycles. The highest BCUT2D eigenvalue weighted by Gasteiger charge is 2.69. The quantitative estimate of drug-likeness (QED) is 0.0948. The summed E-state index contributed by atoms with van der Waals surface area (Å²) in [7, 11) is 0. The van der Waals surface area contributed by atoms with Crippen molar-refractivity contribution in [2.24, 2.45) is 52.3 Å². The molecule has 0 aromatic rings. The Balaban J connectivity index is 0.850. The Bertz CT molecular complexity index is 1590. The van der Waals surface area contributed by atoms with Gasteiger partial charge in [-0.2, -0.15) is 0 Å². The zero-order valence-corrected chi connectivity index (χ0v) is 36.7. The number of carbonyl (C=O) groups is 1. The fourth-order valence-corrected chi connectivity index (χ4v) is 13.6. The molecule has 8 fully saturated rings. The van der Waals surface area contributed by atoms with Gasteiger partial charge in [0.2, 0.25) is 0 Å². The third-order valence-electron chi connectivity index (χ3n) is 17.4. The lowest BCUT2D eigenvalue weighted by molar-refractivity contribution is -0.330. The number of fused-ring (bicyclic) bond motifs is 7. The van der Waals surface area contributed by atoms with Gasteiger partial charge < -0.3 is 89.3 Å². The second-order valence-corrected chi connectivity index (χ2v) is 21.0. The van der Waals surface area contributed by atoms with Gasteiger partial charge in [0.05, 0.1) is 38.6 Å². The maximum absolute atomic E-state index is 14.3. The van der Waals surface area contributed by atoms with Crippen LogP contribution in [0.5, 0.6) is 0 Å². The summed E-state index contributed by atoms with van der Waals surface area (Å²) >= 11 is 0. The van der Waals surface area contributed by atoms with Crippen LogP contribution in [0.4, 0.5) is 0 Å². The molecule has 4 aliphatic carbocycles. The number of aliphatic hydroxyl groups is 11. The van der Waals surface area contributed by atoms with Crippen LogP contribution in [-0.4, -0.2) is 192 Å². The Morgan fingerprint density at radius 1 is 0.762 bits per heavy atom. The van der Waals surface area contributed by atoms with Crippen LogP contribution in [0.25, 0.3) is 0 Å². The first-order chi connectivity index (χ1) is 29.7. The number of rotatable bonds is 12. The lowest BCUT2D eigenvalue weighted by atomic mass is 9.44. The van der Waals surface area contributed by atoms with Crippen LogP contribution in [0.15, 0.2) is 0 Å². The Labute approximate surface area is 367 Å². The van der Waals surface area contributed by atoms with E-state index in [1.54, 1.807) is 0 Å². The summed E-state index contributed by atoms with van der Waals surface area (Å²) in [6, 6.07) is 0. The molecule has 4 aliphatic heterocycles. The molecule has 0 bridgehead atoms. The maximum Gasteiger partial charge on any atom is 0.186 e. The minimum absolute atomic E-state index is 0.0821. The van der Waals surface area contributed by atoms with E-state index in [9.17, 15) is 61.0 Å². The molecule has 63 heavy (non-hydrogen) atoms. The number of hydrogen-bond donors (Lipinski definition) is 11. The molecule has 0 amide bonds. The number of ketones is 1. The summed E-state index contributed by atoms with van der Waals surface area (Å²) in [5.41, 5.74) is -0.420. The van der Waals surface area contributed by atoms with Crippen LogP contribution in [0, 0.1) is 52.3 Å².